The minimum absolute atomic E-state index is 0.298. The third kappa shape index (κ3) is 3.09. The highest BCUT2D eigenvalue weighted by Gasteiger charge is 2.04. The average Bonchev–Trinajstić information content (AvgIpc) is 2.15. The van der Waals surface area contributed by atoms with E-state index in [1.54, 1.807) is 25.3 Å². The summed E-state index contributed by atoms with van der Waals surface area (Å²) in [6.07, 6.45) is 0. The molecule has 0 unspecified atom stereocenters. The van der Waals surface area contributed by atoms with Crippen molar-refractivity contribution in [3.63, 3.8) is 0 Å². The van der Waals surface area contributed by atoms with Crippen molar-refractivity contribution in [3.8, 4) is 5.75 Å². The van der Waals surface area contributed by atoms with E-state index >= 15 is 0 Å². The maximum atomic E-state index is 10.5. The minimum atomic E-state index is -0.605. The smallest absolute Gasteiger partial charge is 0.314 e. The molecule has 0 spiro atoms. The molecule has 5 heteroatoms. The Kier molecular flexibility index (Phi) is 4.04. The zero-order valence-corrected chi connectivity index (χ0v) is 9.02. The van der Waals surface area contributed by atoms with Crippen molar-refractivity contribution in [3.05, 3.63) is 28.8 Å². The Bertz CT molecular complexity index is 342. The lowest BCUT2D eigenvalue weighted by Gasteiger charge is -2.08. The number of rotatable bonds is 3. The van der Waals surface area contributed by atoms with Gasteiger partial charge in [0.05, 0.1) is 7.11 Å². The molecule has 0 aliphatic heterocycles. The Hall–Kier alpha value is -0.930. The van der Waals surface area contributed by atoms with Crippen LogP contribution in [0.2, 0.25) is 5.02 Å². The first kappa shape index (κ1) is 11.1. The molecule has 14 heavy (non-hydrogen) atoms. The van der Waals surface area contributed by atoms with E-state index in [2.05, 4.69) is 5.32 Å². The van der Waals surface area contributed by atoms with E-state index in [4.69, 9.17) is 27.9 Å². The number of hydrogen-bond acceptors (Lipinski definition) is 2. The molecule has 0 bridgehead atoms. The number of hydrogen-bond donors (Lipinski definition) is 1. The van der Waals surface area contributed by atoms with Gasteiger partial charge in [-0.25, -0.2) is 0 Å². The number of nitrogens with one attached hydrogen (secondary N) is 1. The Morgan fingerprint density at radius 1 is 1.57 bits per heavy atom. The third-order valence-corrected chi connectivity index (χ3v) is 2.03. The van der Waals surface area contributed by atoms with Crippen molar-refractivity contribution >= 4 is 28.6 Å². The summed E-state index contributed by atoms with van der Waals surface area (Å²) in [4.78, 5) is 10.5. The highest BCUT2D eigenvalue weighted by molar-refractivity contribution is 6.62. The maximum absolute atomic E-state index is 10.5. The zero-order valence-electron chi connectivity index (χ0n) is 7.51. The molecule has 1 amide bonds. The fourth-order valence-corrected chi connectivity index (χ4v) is 1.31. The van der Waals surface area contributed by atoms with Gasteiger partial charge in [-0.3, -0.25) is 4.79 Å². The van der Waals surface area contributed by atoms with Gasteiger partial charge in [-0.05, 0) is 29.8 Å². The molecule has 3 nitrogen and oxygen atoms in total. The van der Waals surface area contributed by atoms with Crippen molar-refractivity contribution in [2.24, 2.45) is 0 Å². The summed E-state index contributed by atoms with van der Waals surface area (Å²) in [5, 5.41) is 2.43. The van der Waals surface area contributed by atoms with Gasteiger partial charge in [-0.2, -0.15) is 0 Å². The van der Waals surface area contributed by atoms with Gasteiger partial charge in [0.1, 0.15) is 5.75 Å². The number of carbonyl (C=O) groups is 1. The topological polar surface area (TPSA) is 38.3 Å². The first-order valence-corrected chi connectivity index (χ1v) is 4.65. The quantitative estimate of drug-likeness (QED) is 0.645. The van der Waals surface area contributed by atoms with Crippen molar-refractivity contribution < 1.29 is 9.53 Å². The molecule has 0 aliphatic carbocycles. The van der Waals surface area contributed by atoms with E-state index in [1.807, 2.05) is 0 Å². The van der Waals surface area contributed by atoms with Crippen LogP contribution < -0.4 is 10.1 Å². The third-order valence-electron chi connectivity index (χ3n) is 1.66. The van der Waals surface area contributed by atoms with Crippen LogP contribution in [0.1, 0.15) is 5.56 Å². The van der Waals surface area contributed by atoms with Crippen LogP contribution in [0, 0.1) is 0 Å². The number of carbonyl (C=O) groups excluding carboxylic acids is 1. The van der Waals surface area contributed by atoms with Gasteiger partial charge < -0.3 is 10.1 Å². The molecule has 0 aromatic heterocycles. The highest BCUT2D eigenvalue weighted by atomic mass is 35.5. The van der Waals surface area contributed by atoms with E-state index in [9.17, 15) is 4.79 Å². The van der Waals surface area contributed by atoms with Crippen molar-refractivity contribution in [1.29, 1.82) is 0 Å². The summed E-state index contributed by atoms with van der Waals surface area (Å²) in [5.74, 6) is 0.666. The lowest BCUT2D eigenvalue weighted by molar-refractivity contribution is 0.259. The van der Waals surface area contributed by atoms with Gasteiger partial charge in [0.15, 0.2) is 0 Å². The van der Waals surface area contributed by atoms with Crippen molar-refractivity contribution in [2.45, 2.75) is 6.54 Å². The van der Waals surface area contributed by atoms with Crippen LogP contribution in [0.5, 0.6) is 5.75 Å². The molecule has 0 aliphatic rings. The molecule has 1 N–H and O–H groups in total. The van der Waals surface area contributed by atoms with Crippen LogP contribution in [0.25, 0.3) is 0 Å². The highest BCUT2D eigenvalue weighted by Crippen LogP contribution is 2.22. The molecule has 1 aromatic rings. The van der Waals surface area contributed by atoms with Gasteiger partial charge >= 0.3 is 5.37 Å². The first-order chi connectivity index (χ1) is 6.63. The fourth-order valence-electron chi connectivity index (χ4n) is 1.05. The van der Waals surface area contributed by atoms with Gasteiger partial charge in [0, 0.05) is 17.1 Å². The largest absolute Gasteiger partial charge is 0.496 e. The summed E-state index contributed by atoms with van der Waals surface area (Å²) >= 11 is 10.9. The van der Waals surface area contributed by atoms with Gasteiger partial charge in [0.2, 0.25) is 0 Å². The minimum Gasteiger partial charge on any atom is -0.496 e. The number of methoxy groups -OCH3 is 1. The number of benzene rings is 1. The monoisotopic (exact) mass is 233 g/mol. The van der Waals surface area contributed by atoms with Crippen LogP contribution in [0.15, 0.2) is 18.2 Å². The van der Waals surface area contributed by atoms with Gasteiger partial charge in [-0.15, -0.1) is 0 Å². The second-order valence-corrected chi connectivity index (χ2v) is 3.36. The van der Waals surface area contributed by atoms with E-state index in [0.29, 0.717) is 17.3 Å². The Balaban J connectivity index is 2.82. The Morgan fingerprint density at radius 3 is 2.86 bits per heavy atom. The SMILES string of the molecule is COc1ccc(Cl)cc1CNC(=O)Cl. The molecular formula is C9H9Cl2NO2. The number of halogens is 2. The van der Waals surface area contributed by atoms with Gasteiger partial charge in [-0.1, -0.05) is 11.6 Å². The first-order valence-electron chi connectivity index (χ1n) is 3.89. The molecule has 0 heterocycles. The zero-order chi connectivity index (χ0) is 10.6. The van der Waals surface area contributed by atoms with E-state index in [0.717, 1.165) is 5.56 Å². The molecule has 0 atom stereocenters. The van der Waals surface area contributed by atoms with E-state index < -0.39 is 5.37 Å². The lowest BCUT2D eigenvalue weighted by atomic mass is 10.2. The molecule has 1 aromatic carbocycles. The van der Waals surface area contributed by atoms with E-state index in [1.165, 1.54) is 0 Å². The summed E-state index contributed by atoms with van der Waals surface area (Å²) in [5.41, 5.74) is 0.786. The Labute approximate surface area is 92.0 Å². The Morgan fingerprint density at radius 2 is 2.29 bits per heavy atom. The summed E-state index contributed by atoms with van der Waals surface area (Å²) < 4.78 is 5.08. The second-order valence-electron chi connectivity index (χ2n) is 2.58. The standard InChI is InChI=1S/C9H9Cl2NO2/c1-14-8-3-2-7(10)4-6(8)5-12-9(11)13/h2-4H,5H2,1H3,(H,12,13). The van der Waals surface area contributed by atoms with Crippen LogP contribution in [0.4, 0.5) is 4.79 Å². The van der Waals surface area contributed by atoms with Crippen LogP contribution in [-0.4, -0.2) is 12.5 Å². The second kappa shape index (κ2) is 5.08. The summed E-state index contributed by atoms with van der Waals surface area (Å²) in [6, 6.07) is 5.16. The number of amides is 1. The molecule has 76 valence electrons. The average molecular weight is 234 g/mol. The van der Waals surface area contributed by atoms with Crippen LogP contribution >= 0.6 is 23.2 Å². The van der Waals surface area contributed by atoms with Crippen LogP contribution in [-0.2, 0) is 6.54 Å². The van der Waals surface area contributed by atoms with Crippen molar-refractivity contribution in [1.82, 2.24) is 5.32 Å². The summed E-state index contributed by atoms with van der Waals surface area (Å²) in [7, 11) is 1.55. The normalized spacial score (nSPS) is 9.64. The molecule has 0 saturated carbocycles. The van der Waals surface area contributed by atoms with E-state index in [-0.39, 0.29) is 0 Å². The molecule has 0 radical (unpaired) electrons. The predicted molar refractivity (Wildman–Crippen MR) is 56.1 cm³/mol. The van der Waals surface area contributed by atoms with Crippen molar-refractivity contribution in [2.75, 3.05) is 7.11 Å². The summed E-state index contributed by atoms with van der Waals surface area (Å²) in [6.45, 7) is 0.298. The fraction of sp³-hybridized carbons (Fsp3) is 0.222. The molecule has 0 fully saturated rings. The predicted octanol–water partition coefficient (Wildman–Crippen LogP) is 2.80. The van der Waals surface area contributed by atoms with Gasteiger partial charge in [0.25, 0.3) is 0 Å². The lowest BCUT2D eigenvalue weighted by Crippen LogP contribution is -2.15. The molecule has 1 rings (SSSR count). The van der Waals surface area contributed by atoms with Crippen LogP contribution in [0.3, 0.4) is 0 Å². The molecule has 0 saturated heterocycles. The maximum Gasteiger partial charge on any atom is 0.314 e. The number of ether oxygens (including phenoxy) is 1. The molecular weight excluding hydrogens is 225 g/mol.